The number of carboxylic acid groups (broad SMARTS) is 1. The molecule has 1 saturated carbocycles. The Morgan fingerprint density at radius 3 is 2.60 bits per heavy atom. The van der Waals surface area contributed by atoms with Crippen LogP contribution in [0.3, 0.4) is 0 Å². The zero-order chi connectivity index (χ0) is 11.3. The minimum atomic E-state index is -1.03. The number of carboxylic acids is 1. The Bertz CT molecular complexity index is 243. The van der Waals surface area contributed by atoms with Gasteiger partial charge in [-0.15, -0.1) is 0 Å². The number of nitrogens with one attached hydrogen (secondary N) is 2. The molecule has 0 saturated heterocycles. The van der Waals surface area contributed by atoms with E-state index in [0.29, 0.717) is 12.5 Å². The Morgan fingerprint density at radius 1 is 1.33 bits per heavy atom. The van der Waals surface area contributed by atoms with Gasteiger partial charge in [-0.2, -0.15) is 0 Å². The van der Waals surface area contributed by atoms with Gasteiger partial charge in [-0.3, -0.25) is 4.79 Å². The lowest BCUT2D eigenvalue weighted by atomic mass is 10.1. The number of rotatable bonds is 4. The second-order valence-corrected chi connectivity index (χ2v) is 4.24. The first-order chi connectivity index (χ1) is 7.08. The lowest BCUT2D eigenvalue weighted by Crippen LogP contribution is -2.40. The molecule has 1 rings (SSSR count). The SMILES string of the molecule is CC1CCC(CNC(=O)NCC(=O)O)C1. The molecule has 2 atom stereocenters. The molecule has 0 bridgehead atoms. The molecule has 3 N–H and O–H groups in total. The van der Waals surface area contributed by atoms with Crippen molar-refractivity contribution in [2.75, 3.05) is 13.1 Å². The molecule has 0 heterocycles. The average molecular weight is 214 g/mol. The Labute approximate surface area is 89.2 Å². The highest BCUT2D eigenvalue weighted by Gasteiger charge is 2.21. The zero-order valence-corrected chi connectivity index (χ0v) is 8.95. The topological polar surface area (TPSA) is 78.4 Å². The Hall–Kier alpha value is -1.26. The second kappa shape index (κ2) is 5.58. The van der Waals surface area contributed by atoms with Crippen molar-refractivity contribution < 1.29 is 14.7 Å². The van der Waals surface area contributed by atoms with E-state index in [1.807, 2.05) is 0 Å². The molecule has 1 aliphatic carbocycles. The molecular formula is C10H18N2O3. The van der Waals surface area contributed by atoms with Gasteiger partial charge < -0.3 is 15.7 Å². The molecule has 86 valence electrons. The van der Waals surface area contributed by atoms with E-state index in [9.17, 15) is 9.59 Å². The predicted octanol–water partition coefficient (Wildman–Crippen LogP) is 0.806. The molecule has 0 aromatic heterocycles. The quantitative estimate of drug-likeness (QED) is 0.648. The van der Waals surface area contributed by atoms with Crippen molar-refractivity contribution in [2.24, 2.45) is 11.8 Å². The summed E-state index contributed by atoms with van der Waals surface area (Å²) >= 11 is 0. The van der Waals surface area contributed by atoms with E-state index >= 15 is 0 Å². The summed E-state index contributed by atoms with van der Waals surface area (Å²) in [4.78, 5) is 21.3. The number of aliphatic carboxylic acids is 1. The van der Waals surface area contributed by atoms with Crippen LogP contribution in [-0.4, -0.2) is 30.2 Å². The normalized spacial score (nSPS) is 24.9. The van der Waals surface area contributed by atoms with Gasteiger partial charge in [-0.1, -0.05) is 13.3 Å². The van der Waals surface area contributed by atoms with Gasteiger partial charge in [0, 0.05) is 6.54 Å². The second-order valence-electron chi connectivity index (χ2n) is 4.24. The summed E-state index contributed by atoms with van der Waals surface area (Å²) in [6.07, 6.45) is 3.53. The molecule has 1 aliphatic rings. The largest absolute Gasteiger partial charge is 0.480 e. The maximum atomic E-state index is 11.1. The third kappa shape index (κ3) is 4.67. The van der Waals surface area contributed by atoms with Crippen LogP contribution in [0.15, 0.2) is 0 Å². The van der Waals surface area contributed by atoms with Crippen molar-refractivity contribution >= 4 is 12.0 Å². The van der Waals surface area contributed by atoms with Crippen molar-refractivity contribution in [2.45, 2.75) is 26.2 Å². The maximum Gasteiger partial charge on any atom is 0.323 e. The number of amides is 2. The molecule has 0 aromatic carbocycles. The fourth-order valence-corrected chi connectivity index (χ4v) is 1.97. The van der Waals surface area contributed by atoms with Gasteiger partial charge in [-0.05, 0) is 24.7 Å². The Balaban J connectivity index is 2.09. The molecule has 15 heavy (non-hydrogen) atoms. The summed E-state index contributed by atoms with van der Waals surface area (Å²) in [6, 6.07) is -0.392. The molecule has 5 heteroatoms. The highest BCUT2D eigenvalue weighted by molar-refractivity contribution is 5.79. The van der Waals surface area contributed by atoms with E-state index in [-0.39, 0.29) is 6.54 Å². The van der Waals surface area contributed by atoms with Crippen LogP contribution < -0.4 is 10.6 Å². The van der Waals surface area contributed by atoms with Gasteiger partial charge in [-0.25, -0.2) is 4.79 Å². The van der Waals surface area contributed by atoms with Crippen LogP contribution in [0, 0.1) is 11.8 Å². The molecule has 0 aromatic rings. The van der Waals surface area contributed by atoms with Crippen LogP contribution in [-0.2, 0) is 4.79 Å². The fourth-order valence-electron chi connectivity index (χ4n) is 1.97. The van der Waals surface area contributed by atoms with E-state index in [0.717, 1.165) is 18.8 Å². The monoisotopic (exact) mass is 214 g/mol. The van der Waals surface area contributed by atoms with Gasteiger partial charge in [0.1, 0.15) is 6.54 Å². The van der Waals surface area contributed by atoms with Crippen molar-refractivity contribution in [3.63, 3.8) is 0 Å². The zero-order valence-electron chi connectivity index (χ0n) is 8.95. The summed E-state index contributed by atoms with van der Waals surface area (Å²) in [6.45, 7) is 2.53. The summed E-state index contributed by atoms with van der Waals surface area (Å²) in [7, 11) is 0. The van der Waals surface area contributed by atoms with Gasteiger partial charge in [0.05, 0.1) is 0 Å². The van der Waals surface area contributed by atoms with Crippen molar-refractivity contribution in [3.8, 4) is 0 Å². The van der Waals surface area contributed by atoms with E-state index in [4.69, 9.17) is 5.11 Å². The van der Waals surface area contributed by atoms with Gasteiger partial charge in [0.25, 0.3) is 0 Å². The van der Waals surface area contributed by atoms with Crippen LogP contribution in [0.25, 0.3) is 0 Å². The van der Waals surface area contributed by atoms with Crippen LogP contribution >= 0.6 is 0 Å². The third-order valence-corrected chi connectivity index (χ3v) is 2.75. The third-order valence-electron chi connectivity index (χ3n) is 2.75. The number of urea groups is 1. The Morgan fingerprint density at radius 2 is 2.07 bits per heavy atom. The Kier molecular flexibility index (Phi) is 4.39. The molecule has 5 nitrogen and oxygen atoms in total. The van der Waals surface area contributed by atoms with Crippen LogP contribution in [0.5, 0.6) is 0 Å². The number of hydrogen-bond donors (Lipinski definition) is 3. The predicted molar refractivity (Wildman–Crippen MR) is 55.5 cm³/mol. The molecule has 2 unspecified atom stereocenters. The van der Waals surface area contributed by atoms with E-state index in [1.165, 1.54) is 6.42 Å². The van der Waals surface area contributed by atoms with E-state index in [2.05, 4.69) is 17.6 Å². The first kappa shape index (κ1) is 11.8. The molecule has 2 amide bonds. The summed E-state index contributed by atoms with van der Waals surface area (Å²) in [5, 5.41) is 13.3. The van der Waals surface area contributed by atoms with Crippen LogP contribution in [0.4, 0.5) is 4.79 Å². The molecule has 0 spiro atoms. The van der Waals surface area contributed by atoms with Crippen molar-refractivity contribution in [1.82, 2.24) is 10.6 Å². The molecule has 0 aliphatic heterocycles. The van der Waals surface area contributed by atoms with Crippen LogP contribution in [0.1, 0.15) is 26.2 Å². The lowest BCUT2D eigenvalue weighted by Gasteiger charge is -2.11. The fraction of sp³-hybridized carbons (Fsp3) is 0.800. The van der Waals surface area contributed by atoms with Crippen molar-refractivity contribution in [3.05, 3.63) is 0 Å². The first-order valence-electron chi connectivity index (χ1n) is 5.31. The molecule has 1 fully saturated rings. The van der Waals surface area contributed by atoms with E-state index < -0.39 is 12.0 Å². The number of carbonyl (C=O) groups excluding carboxylic acids is 1. The number of carbonyl (C=O) groups is 2. The number of hydrogen-bond acceptors (Lipinski definition) is 2. The van der Waals surface area contributed by atoms with Crippen LogP contribution in [0.2, 0.25) is 0 Å². The highest BCUT2D eigenvalue weighted by Crippen LogP contribution is 2.29. The van der Waals surface area contributed by atoms with Crippen molar-refractivity contribution in [1.29, 1.82) is 0 Å². The maximum absolute atomic E-state index is 11.1. The summed E-state index contributed by atoms with van der Waals surface area (Å²) < 4.78 is 0. The lowest BCUT2D eigenvalue weighted by molar-refractivity contribution is -0.135. The van der Waals surface area contributed by atoms with Gasteiger partial charge in [0.2, 0.25) is 0 Å². The van der Waals surface area contributed by atoms with Gasteiger partial charge >= 0.3 is 12.0 Å². The van der Waals surface area contributed by atoms with Gasteiger partial charge in [0.15, 0.2) is 0 Å². The summed E-state index contributed by atoms with van der Waals surface area (Å²) in [5.74, 6) is 0.272. The van der Waals surface area contributed by atoms with E-state index in [1.54, 1.807) is 0 Å². The minimum Gasteiger partial charge on any atom is -0.480 e. The standard InChI is InChI=1S/C10H18N2O3/c1-7-2-3-8(4-7)5-11-10(15)12-6-9(13)14/h7-8H,2-6H2,1H3,(H,13,14)(H2,11,12,15). The molecular weight excluding hydrogens is 196 g/mol. The highest BCUT2D eigenvalue weighted by atomic mass is 16.4. The average Bonchev–Trinajstić information content (AvgIpc) is 2.58. The first-order valence-corrected chi connectivity index (χ1v) is 5.31. The summed E-state index contributed by atoms with van der Waals surface area (Å²) in [5.41, 5.74) is 0. The smallest absolute Gasteiger partial charge is 0.323 e. The molecule has 0 radical (unpaired) electrons. The minimum absolute atomic E-state index is 0.326.